The molecule has 0 radical (unpaired) electrons. The number of carboxylic acid groups (broad SMARTS) is 1. The van der Waals surface area contributed by atoms with Gasteiger partial charge in [0.25, 0.3) is 0 Å². The first-order valence-electron chi connectivity index (χ1n) is 6.45. The van der Waals surface area contributed by atoms with Gasteiger partial charge in [0, 0.05) is 17.2 Å². The summed E-state index contributed by atoms with van der Waals surface area (Å²) in [5.41, 5.74) is -0.381. The maximum absolute atomic E-state index is 12.9. The van der Waals surface area contributed by atoms with Gasteiger partial charge in [0.1, 0.15) is 11.4 Å². The number of benzene rings is 1. The number of aromatic nitrogens is 1. The summed E-state index contributed by atoms with van der Waals surface area (Å²) < 4.78 is 43.7. The van der Waals surface area contributed by atoms with E-state index in [-0.39, 0.29) is 11.3 Å². The molecule has 0 amide bonds. The second-order valence-electron chi connectivity index (χ2n) is 4.54. The smallest absolute Gasteiger partial charge is 0.433 e. The molecule has 0 atom stereocenters. The first-order chi connectivity index (χ1) is 10.8. The van der Waals surface area contributed by atoms with Gasteiger partial charge in [-0.2, -0.15) is 13.2 Å². The third-order valence-corrected chi connectivity index (χ3v) is 2.97. The second-order valence-corrected chi connectivity index (χ2v) is 4.54. The van der Waals surface area contributed by atoms with E-state index in [0.717, 1.165) is 12.1 Å². The molecule has 4 nitrogen and oxygen atoms in total. The Bertz CT molecular complexity index is 754. The van der Waals surface area contributed by atoms with Crippen LogP contribution in [0, 0.1) is 0 Å². The van der Waals surface area contributed by atoms with Gasteiger partial charge in [-0.1, -0.05) is 18.2 Å². The highest BCUT2D eigenvalue weighted by Crippen LogP contribution is 2.32. The number of pyridine rings is 1. The van der Waals surface area contributed by atoms with Gasteiger partial charge in [-0.25, -0.2) is 9.78 Å². The molecule has 0 saturated heterocycles. The lowest BCUT2D eigenvalue weighted by molar-refractivity contribution is -0.141. The van der Waals surface area contributed by atoms with Crippen LogP contribution in [0.3, 0.4) is 0 Å². The molecule has 0 aliphatic rings. The first-order valence-corrected chi connectivity index (χ1v) is 6.45. The molecule has 120 valence electrons. The molecule has 1 aromatic heterocycles. The molecule has 0 spiro atoms. The minimum absolute atomic E-state index is 0.0243. The first kappa shape index (κ1) is 16.5. The van der Waals surface area contributed by atoms with E-state index in [9.17, 15) is 18.0 Å². The minimum atomic E-state index is -4.59. The van der Waals surface area contributed by atoms with Crippen LogP contribution in [0.4, 0.5) is 13.2 Å². The molecule has 0 unspecified atom stereocenters. The lowest BCUT2D eigenvalue weighted by Gasteiger charge is -2.11. The maximum Gasteiger partial charge on any atom is 0.433 e. The molecule has 1 aromatic carbocycles. The standard InChI is InChI=1S/C16H12F3NO3/c1-23-12-4-2-3-11(9-12)15-10(6-8-14(21)22)5-7-13(20-15)16(17,18)19/h2-9H,1H3,(H,21,22)/b8-6+. The highest BCUT2D eigenvalue weighted by atomic mass is 19.4. The molecule has 0 saturated carbocycles. The third kappa shape index (κ3) is 4.09. The number of aliphatic carboxylic acids is 1. The molecule has 2 aromatic rings. The molecule has 1 N–H and O–H groups in total. The fourth-order valence-electron chi connectivity index (χ4n) is 1.92. The van der Waals surface area contributed by atoms with Crippen LogP contribution in [0.15, 0.2) is 42.5 Å². The number of carbonyl (C=O) groups is 1. The normalized spacial score (nSPS) is 11.7. The van der Waals surface area contributed by atoms with E-state index in [2.05, 4.69) is 4.98 Å². The Morgan fingerprint density at radius 1 is 1.26 bits per heavy atom. The van der Waals surface area contributed by atoms with Crippen LogP contribution in [0.1, 0.15) is 11.3 Å². The lowest BCUT2D eigenvalue weighted by Crippen LogP contribution is -2.09. The van der Waals surface area contributed by atoms with E-state index in [1.165, 1.54) is 25.3 Å². The van der Waals surface area contributed by atoms with Crippen LogP contribution >= 0.6 is 0 Å². The number of halogens is 3. The van der Waals surface area contributed by atoms with E-state index >= 15 is 0 Å². The minimum Gasteiger partial charge on any atom is -0.497 e. The molecule has 0 aliphatic carbocycles. The average Bonchev–Trinajstić information content (AvgIpc) is 2.51. The van der Waals surface area contributed by atoms with E-state index < -0.39 is 17.8 Å². The summed E-state index contributed by atoms with van der Waals surface area (Å²) in [5, 5.41) is 8.70. The zero-order chi connectivity index (χ0) is 17.0. The van der Waals surface area contributed by atoms with Gasteiger partial charge >= 0.3 is 12.1 Å². The molecule has 1 heterocycles. The van der Waals surface area contributed by atoms with Gasteiger partial charge in [-0.05, 0) is 24.3 Å². The summed E-state index contributed by atoms with van der Waals surface area (Å²) in [4.78, 5) is 14.3. The van der Waals surface area contributed by atoms with Gasteiger partial charge in [0.15, 0.2) is 0 Å². The van der Waals surface area contributed by atoms with Gasteiger partial charge in [-0.3, -0.25) is 0 Å². The number of hydrogen-bond acceptors (Lipinski definition) is 3. The number of nitrogens with zero attached hydrogens (tertiary/aromatic N) is 1. The quantitative estimate of drug-likeness (QED) is 0.868. The number of ether oxygens (including phenoxy) is 1. The van der Waals surface area contributed by atoms with Crippen molar-refractivity contribution in [3.63, 3.8) is 0 Å². The van der Waals surface area contributed by atoms with Crippen molar-refractivity contribution in [1.29, 1.82) is 0 Å². The Kier molecular flexibility index (Phi) is 4.68. The van der Waals surface area contributed by atoms with Crippen molar-refractivity contribution in [2.75, 3.05) is 7.11 Å². The van der Waals surface area contributed by atoms with Crippen LogP contribution in [-0.4, -0.2) is 23.2 Å². The Morgan fingerprint density at radius 3 is 2.61 bits per heavy atom. The fraction of sp³-hybridized carbons (Fsp3) is 0.125. The number of methoxy groups -OCH3 is 1. The van der Waals surface area contributed by atoms with E-state index in [1.807, 2.05) is 0 Å². The Hall–Kier alpha value is -2.83. The summed E-state index contributed by atoms with van der Waals surface area (Å²) in [6.45, 7) is 0. The molecule has 2 rings (SSSR count). The van der Waals surface area contributed by atoms with Gasteiger partial charge in [0.05, 0.1) is 12.8 Å². The largest absolute Gasteiger partial charge is 0.497 e. The topological polar surface area (TPSA) is 59.4 Å². The van der Waals surface area contributed by atoms with E-state index in [0.29, 0.717) is 11.3 Å². The summed E-state index contributed by atoms with van der Waals surface area (Å²) in [6.07, 6.45) is -2.55. The van der Waals surface area contributed by atoms with Crippen molar-refractivity contribution < 1.29 is 27.8 Å². The molecule has 0 bridgehead atoms. The van der Waals surface area contributed by atoms with Crippen LogP contribution < -0.4 is 4.74 Å². The molecule has 23 heavy (non-hydrogen) atoms. The predicted molar refractivity (Wildman–Crippen MR) is 77.9 cm³/mol. The van der Waals surface area contributed by atoms with Crippen LogP contribution in [0.25, 0.3) is 17.3 Å². The monoisotopic (exact) mass is 323 g/mol. The summed E-state index contributed by atoms with van der Waals surface area (Å²) >= 11 is 0. The molecule has 7 heteroatoms. The predicted octanol–water partition coefficient (Wildman–Crippen LogP) is 3.87. The van der Waals surface area contributed by atoms with Crippen molar-refractivity contribution in [1.82, 2.24) is 4.98 Å². The molecular weight excluding hydrogens is 311 g/mol. The van der Waals surface area contributed by atoms with Gasteiger partial charge in [-0.15, -0.1) is 0 Å². The summed E-state index contributed by atoms with van der Waals surface area (Å²) in [7, 11) is 1.43. The van der Waals surface area contributed by atoms with E-state index in [1.54, 1.807) is 18.2 Å². The molecular formula is C16H12F3NO3. The zero-order valence-electron chi connectivity index (χ0n) is 12.0. The Labute approximate surface area is 129 Å². The summed E-state index contributed by atoms with van der Waals surface area (Å²) in [6, 6.07) is 8.35. The van der Waals surface area contributed by atoms with Crippen LogP contribution in [0.5, 0.6) is 5.75 Å². The number of rotatable bonds is 4. The maximum atomic E-state index is 12.9. The average molecular weight is 323 g/mol. The van der Waals surface area contributed by atoms with E-state index in [4.69, 9.17) is 9.84 Å². The highest BCUT2D eigenvalue weighted by Gasteiger charge is 2.33. The van der Waals surface area contributed by atoms with Crippen LogP contribution in [0.2, 0.25) is 0 Å². The Morgan fingerprint density at radius 2 is 2.00 bits per heavy atom. The van der Waals surface area contributed by atoms with Crippen molar-refractivity contribution in [2.45, 2.75) is 6.18 Å². The molecule has 0 fully saturated rings. The number of carboxylic acids is 1. The van der Waals surface area contributed by atoms with Crippen LogP contribution in [-0.2, 0) is 11.0 Å². The van der Waals surface area contributed by atoms with Crippen molar-refractivity contribution in [3.05, 3.63) is 53.7 Å². The number of hydrogen-bond donors (Lipinski definition) is 1. The number of alkyl halides is 3. The fourth-order valence-corrected chi connectivity index (χ4v) is 1.92. The van der Waals surface area contributed by atoms with Crippen molar-refractivity contribution >= 4 is 12.0 Å². The van der Waals surface area contributed by atoms with Gasteiger partial charge in [0.2, 0.25) is 0 Å². The lowest BCUT2D eigenvalue weighted by atomic mass is 10.0. The van der Waals surface area contributed by atoms with Crippen molar-refractivity contribution in [3.8, 4) is 17.0 Å². The van der Waals surface area contributed by atoms with Crippen molar-refractivity contribution in [2.24, 2.45) is 0 Å². The SMILES string of the molecule is COc1cccc(-c2nc(C(F)(F)F)ccc2/C=C/C(=O)O)c1. The highest BCUT2D eigenvalue weighted by molar-refractivity contribution is 5.87. The zero-order valence-corrected chi connectivity index (χ0v) is 12.0. The third-order valence-electron chi connectivity index (χ3n) is 2.97. The second kappa shape index (κ2) is 6.51. The molecule has 0 aliphatic heterocycles. The summed E-state index contributed by atoms with van der Waals surface area (Å²) in [5.74, 6) is -0.753. The Balaban J connectivity index is 2.62. The van der Waals surface area contributed by atoms with Gasteiger partial charge < -0.3 is 9.84 Å².